The summed E-state index contributed by atoms with van der Waals surface area (Å²) in [6.07, 6.45) is 4.71. The van der Waals surface area contributed by atoms with Crippen LogP contribution in [0.1, 0.15) is 44.1 Å². The van der Waals surface area contributed by atoms with Gasteiger partial charge < -0.3 is 5.32 Å². The first kappa shape index (κ1) is 12.4. The molecule has 0 atom stereocenters. The molecule has 3 nitrogen and oxygen atoms in total. The zero-order chi connectivity index (χ0) is 13.3. The molecular formula is C16H19NO2. The van der Waals surface area contributed by atoms with Crippen molar-refractivity contribution in [3.63, 3.8) is 0 Å². The average Bonchev–Trinajstić information content (AvgIpc) is 3.24. The fraction of sp³-hybridized carbons (Fsp3) is 0.500. The van der Waals surface area contributed by atoms with Gasteiger partial charge in [0.15, 0.2) is 0 Å². The SMILES string of the molecule is O=C1CCC(NC(=O)C2(c3ccccc3)CC2)CC1. The number of Topliss-reactive ketones (excluding diaryl/α,β-unsaturated/α-hetero) is 1. The quantitative estimate of drug-likeness (QED) is 0.903. The van der Waals surface area contributed by atoms with Crippen LogP contribution in [-0.2, 0) is 15.0 Å². The molecule has 3 heteroatoms. The molecule has 19 heavy (non-hydrogen) atoms. The summed E-state index contributed by atoms with van der Waals surface area (Å²) in [5, 5.41) is 3.15. The maximum atomic E-state index is 12.5. The van der Waals surface area contributed by atoms with Gasteiger partial charge in [0.2, 0.25) is 5.91 Å². The Labute approximate surface area is 113 Å². The number of ketones is 1. The van der Waals surface area contributed by atoms with Crippen LogP contribution in [0.2, 0.25) is 0 Å². The van der Waals surface area contributed by atoms with Gasteiger partial charge in [-0.05, 0) is 31.2 Å². The molecule has 2 aliphatic rings. The van der Waals surface area contributed by atoms with Crippen molar-refractivity contribution in [3.05, 3.63) is 35.9 Å². The largest absolute Gasteiger partial charge is 0.353 e. The minimum absolute atomic E-state index is 0.151. The first-order valence-corrected chi connectivity index (χ1v) is 7.09. The van der Waals surface area contributed by atoms with E-state index in [1.165, 1.54) is 0 Å². The molecule has 0 aromatic heterocycles. The van der Waals surface area contributed by atoms with E-state index in [2.05, 4.69) is 5.32 Å². The third kappa shape index (κ3) is 2.42. The number of carbonyl (C=O) groups is 2. The summed E-state index contributed by atoms with van der Waals surface area (Å²) in [7, 11) is 0. The molecule has 0 radical (unpaired) electrons. The number of amides is 1. The van der Waals surface area contributed by atoms with Gasteiger partial charge in [0.25, 0.3) is 0 Å². The number of benzene rings is 1. The highest BCUT2D eigenvalue weighted by atomic mass is 16.2. The molecule has 1 aromatic rings. The normalized spacial score (nSPS) is 22.0. The molecule has 0 heterocycles. The predicted octanol–water partition coefficient (Wildman–Crippen LogP) is 2.35. The lowest BCUT2D eigenvalue weighted by Crippen LogP contribution is -2.43. The average molecular weight is 257 g/mol. The highest BCUT2D eigenvalue weighted by molar-refractivity contribution is 5.91. The number of rotatable bonds is 3. The van der Waals surface area contributed by atoms with Crippen LogP contribution in [0.5, 0.6) is 0 Å². The zero-order valence-corrected chi connectivity index (χ0v) is 11.0. The fourth-order valence-corrected chi connectivity index (χ4v) is 2.94. The molecule has 0 spiro atoms. The Morgan fingerprint density at radius 3 is 2.32 bits per heavy atom. The Balaban J connectivity index is 1.66. The lowest BCUT2D eigenvalue weighted by atomic mass is 9.91. The van der Waals surface area contributed by atoms with E-state index in [1.807, 2.05) is 30.3 Å². The molecule has 0 saturated heterocycles. The Morgan fingerprint density at radius 2 is 1.74 bits per heavy atom. The Morgan fingerprint density at radius 1 is 1.11 bits per heavy atom. The molecule has 2 aliphatic carbocycles. The second-order valence-electron chi connectivity index (χ2n) is 5.73. The monoisotopic (exact) mass is 257 g/mol. The summed E-state index contributed by atoms with van der Waals surface area (Å²) < 4.78 is 0. The number of carbonyl (C=O) groups excluding carboxylic acids is 2. The van der Waals surface area contributed by atoms with Gasteiger partial charge in [0.1, 0.15) is 5.78 Å². The standard InChI is InChI=1S/C16H19NO2/c18-14-8-6-13(7-9-14)17-15(19)16(10-11-16)12-4-2-1-3-5-12/h1-5,13H,6-11H2,(H,17,19). The Kier molecular flexibility index (Phi) is 3.13. The van der Waals surface area contributed by atoms with Crippen molar-refractivity contribution in [2.24, 2.45) is 0 Å². The lowest BCUT2D eigenvalue weighted by Gasteiger charge is -2.25. The molecule has 1 amide bonds. The summed E-state index contributed by atoms with van der Waals surface area (Å²) in [5.74, 6) is 0.479. The topological polar surface area (TPSA) is 46.2 Å². The van der Waals surface area contributed by atoms with Gasteiger partial charge in [0, 0.05) is 18.9 Å². The van der Waals surface area contributed by atoms with E-state index < -0.39 is 0 Å². The van der Waals surface area contributed by atoms with Gasteiger partial charge in [-0.1, -0.05) is 30.3 Å². The maximum Gasteiger partial charge on any atom is 0.230 e. The van der Waals surface area contributed by atoms with Crippen molar-refractivity contribution in [2.45, 2.75) is 50.0 Å². The summed E-state index contributed by atoms with van der Waals surface area (Å²) in [6, 6.07) is 10.2. The van der Waals surface area contributed by atoms with E-state index in [1.54, 1.807) is 0 Å². The van der Waals surface area contributed by atoms with E-state index in [-0.39, 0.29) is 17.4 Å². The summed E-state index contributed by atoms with van der Waals surface area (Å²) in [4.78, 5) is 23.7. The van der Waals surface area contributed by atoms with Crippen LogP contribution in [0.15, 0.2) is 30.3 Å². The third-order valence-corrected chi connectivity index (χ3v) is 4.39. The van der Waals surface area contributed by atoms with Gasteiger partial charge in [-0.15, -0.1) is 0 Å². The van der Waals surface area contributed by atoms with Crippen molar-refractivity contribution in [1.29, 1.82) is 0 Å². The third-order valence-electron chi connectivity index (χ3n) is 4.39. The predicted molar refractivity (Wildman–Crippen MR) is 72.8 cm³/mol. The van der Waals surface area contributed by atoms with Crippen LogP contribution in [-0.4, -0.2) is 17.7 Å². The minimum atomic E-state index is -0.289. The van der Waals surface area contributed by atoms with Gasteiger partial charge in [-0.2, -0.15) is 0 Å². The van der Waals surface area contributed by atoms with Crippen molar-refractivity contribution >= 4 is 11.7 Å². The first-order valence-electron chi connectivity index (χ1n) is 7.09. The lowest BCUT2D eigenvalue weighted by molar-refractivity contribution is -0.126. The number of hydrogen-bond donors (Lipinski definition) is 1. The van der Waals surface area contributed by atoms with Gasteiger partial charge in [-0.3, -0.25) is 9.59 Å². The van der Waals surface area contributed by atoms with Crippen molar-refractivity contribution in [3.8, 4) is 0 Å². The smallest absolute Gasteiger partial charge is 0.230 e. The van der Waals surface area contributed by atoms with E-state index in [9.17, 15) is 9.59 Å². The fourth-order valence-electron chi connectivity index (χ4n) is 2.94. The van der Waals surface area contributed by atoms with E-state index in [4.69, 9.17) is 0 Å². The summed E-state index contributed by atoms with van der Waals surface area (Å²) in [5.41, 5.74) is 0.835. The molecule has 0 unspecified atom stereocenters. The van der Waals surface area contributed by atoms with Crippen molar-refractivity contribution < 1.29 is 9.59 Å². The maximum absolute atomic E-state index is 12.5. The summed E-state index contributed by atoms with van der Waals surface area (Å²) in [6.45, 7) is 0. The minimum Gasteiger partial charge on any atom is -0.353 e. The van der Waals surface area contributed by atoms with Crippen LogP contribution in [0.25, 0.3) is 0 Å². The van der Waals surface area contributed by atoms with Crippen LogP contribution >= 0.6 is 0 Å². The van der Waals surface area contributed by atoms with E-state index in [0.717, 1.165) is 31.2 Å². The second-order valence-corrected chi connectivity index (χ2v) is 5.73. The second kappa shape index (κ2) is 4.80. The summed E-state index contributed by atoms with van der Waals surface area (Å²) >= 11 is 0. The van der Waals surface area contributed by atoms with Gasteiger partial charge >= 0.3 is 0 Å². The number of hydrogen-bond acceptors (Lipinski definition) is 2. The molecule has 1 aromatic carbocycles. The van der Waals surface area contributed by atoms with Crippen molar-refractivity contribution in [2.75, 3.05) is 0 Å². The number of nitrogens with one attached hydrogen (secondary N) is 1. The molecule has 2 saturated carbocycles. The van der Waals surface area contributed by atoms with E-state index in [0.29, 0.717) is 18.6 Å². The van der Waals surface area contributed by atoms with Crippen LogP contribution in [0.4, 0.5) is 0 Å². The van der Waals surface area contributed by atoms with Crippen LogP contribution in [0.3, 0.4) is 0 Å². The molecule has 3 rings (SSSR count). The molecule has 1 N–H and O–H groups in total. The highest BCUT2D eigenvalue weighted by Gasteiger charge is 2.51. The van der Waals surface area contributed by atoms with Crippen molar-refractivity contribution in [1.82, 2.24) is 5.32 Å². The molecule has 0 bridgehead atoms. The van der Waals surface area contributed by atoms with Crippen LogP contribution in [0, 0.1) is 0 Å². The molecule has 100 valence electrons. The Bertz CT molecular complexity index is 481. The first-order chi connectivity index (χ1) is 9.21. The Hall–Kier alpha value is -1.64. The van der Waals surface area contributed by atoms with E-state index >= 15 is 0 Å². The molecule has 2 fully saturated rings. The zero-order valence-electron chi connectivity index (χ0n) is 11.0. The highest BCUT2D eigenvalue weighted by Crippen LogP contribution is 2.48. The van der Waals surface area contributed by atoms with Gasteiger partial charge in [0.05, 0.1) is 5.41 Å². The van der Waals surface area contributed by atoms with Crippen LogP contribution < -0.4 is 5.32 Å². The van der Waals surface area contributed by atoms with Gasteiger partial charge in [-0.25, -0.2) is 0 Å². The molecular weight excluding hydrogens is 238 g/mol. The molecule has 0 aliphatic heterocycles.